The summed E-state index contributed by atoms with van der Waals surface area (Å²) in [6.45, 7) is 0. The average Bonchev–Trinajstić information content (AvgIpc) is 2.94. The predicted molar refractivity (Wildman–Crippen MR) is 80.5 cm³/mol. The van der Waals surface area contributed by atoms with Crippen LogP contribution in [0.2, 0.25) is 0 Å². The molecular weight excluding hydrogens is 340 g/mol. The van der Waals surface area contributed by atoms with E-state index in [-0.39, 0.29) is 21.6 Å². The number of anilines is 1. The molecule has 0 aromatic carbocycles. The highest BCUT2D eigenvalue weighted by molar-refractivity contribution is 7.91. The zero-order valence-electron chi connectivity index (χ0n) is 11.2. The Kier molecular flexibility index (Phi) is 4.32. The van der Waals surface area contributed by atoms with E-state index in [4.69, 9.17) is 4.74 Å². The molecule has 1 aliphatic heterocycles. The SMILES string of the molecule is COC1=NS(=O)N=C1Nc1csc(S(=O)(=O)N(C)C)c1O. The van der Waals surface area contributed by atoms with Gasteiger partial charge in [0.25, 0.3) is 27.1 Å². The van der Waals surface area contributed by atoms with Crippen molar-refractivity contribution in [3.05, 3.63) is 5.38 Å². The lowest BCUT2D eigenvalue weighted by Gasteiger charge is -2.10. The number of nitrogens with one attached hydrogen (secondary N) is 1. The minimum Gasteiger partial charge on any atom is -0.504 e. The van der Waals surface area contributed by atoms with Crippen LogP contribution < -0.4 is 5.32 Å². The highest BCUT2D eigenvalue weighted by atomic mass is 32.2. The molecule has 2 heterocycles. The van der Waals surface area contributed by atoms with Gasteiger partial charge in [-0.15, -0.1) is 20.1 Å². The summed E-state index contributed by atoms with van der Waals surface area (Å²) >= 11 is -0.946. The number of amidine groups is 1. The maximum Gasteiger partial charge on any atom is 0.271 e. The normalized spacial score (nSPS) is 18.6. The minimum atomic E-state index is -3.75. The van der Waals surface area contributed by atoms with Crippen LogP contribution >= 0.6 is 11.3 Å². The molecule has 1 aromatic heterocycles. The zero-order valence-corrected chi connectivity index (χ0v) is 13.7. The van der Waals surface area contributed by atoms with Crippen LogP contribution in [0.3, 0.4) is 0 Å². The lowest BCUT2D eigenvalue weighted by atomic mass is 10.4. The van der Waals surface area contributed by atoms with Gasteiger partial charge in [0.1, 0.15) is 0 Å². The van der Waals surface area contributed by atoms with Gasteiger partial charge in [0.2, 0.25) is 5.84 Å². The summed E-state index contributed by atoms with van der Waals surface area (Å²) in [6, 6.07) is 0. The molecule has 12 heteroatoms. The van der Waals surface area contributed by atoms with Crippen LogP contribution in [-0.4, -0.2) is 55.0 Å². The fourth-order valence-corrected chi connectivity index (χ4v) is 4.37. The number of aromatic hydroxyl groups is 1. The number of hydrogen-bond acceptors (Lipinski definition) is 7. The quantitative estimate of drug-likeness (QED) is 0.799. The second-order valence-corrected chi connectivity index (χ2v) is 8.02. The van der Waals surface area contributed by atoms with E-state index in [9.17, 15) is 17.7 Å². The van der Waals surface area contributed by atoms with Gasteiger partial charge in [0.15, 0.2) is 9.96 Å². The van der Waals surface area contributed by atoms with Crippen LogP contribution in [-0.2, 0) is 25.9 Å². The number of rotatable bonds is 3. The molecule has 0 saturated heterocycles. The van der Waals surface area contributed by atoms with Gasteiger partial charge in [0, 0.05) is 19.5 Å². The number of thiophene rings is 1. The number of hydrogen-bond donors (Lipinski definition) is 2. The van der Waals surface area contributed by atoms with Gasteiger partial charge >= 0.3 is 0 Å². The number of methoxy groups -OCH3 is 1. The Morgan fingerprint density at radius 1 is 1.43 bits per heavy atom. The third-order valence-electron chi connectivity index (χ3n) is 2.43. The smallest absolute Gasteiger partial charge is 0.271 e. The van der Waals surface area contributed by atoms with E-state index in [1.54, 1.807) is 0 Å². The molecule has 21 heavy (non-hydrogen) atoms. The van der Waals surface area contributed by atoms with Crippen LogP contribution in [0.15, 0.2) is 18.4 Å². The Hall–Kier alpha value is -1.50. The molecule has 1 aromatic rings. The largest absolute Gasteiger partial charge is 0.504 e. The van der Waals surface area contributed by atoms with Gasteiger partial charge in [-0.1, -0.05) is 0 Å². The van der Waals surface area contributed by atoms with E-state index in [0.717, 1.165) is 15.6 Å². The topological polar surface area (TPSA) is 121 Å². The van der Waals surface area contributed by atoms with E-state index in [1.807, 2.05) is 0 Å². The van der Waals surface area contributed by atoms with Crippen LogP contribution in [0.1, 0.15) is 0 Å². The number of sulfonamides is 1. The molecule has 0 amide bonds. The molecule has 0 radical (unpaired) electrons. The third-order valence-corrected chi connectivity index (χ3v) is 6.39. The number of ether oxygens (including phenoxy) is 1. The maximum absolute atomic E-state index is 12.0. The Morgan fingerprint density at radius 3 is 2.67 bits per heavy atom. The van der Waals surface area contributed by atoms with Crippen molar-refractivity contribution in [3.8, 4) is 5.75 Å². The predicted octanol–water partition coefficient (Wildman–Crippen LogP) is 0.152. The Morgan fingerprint density at radius 2 is 2.10 bits per heavy atom. The fraction of sp³-hybridized carbons (Fsp3) is 0.333. The van der Waals surface area contributed by atoms with E-state index in [1.165, 1.54) is 26.6 Å². The molecule has 0 saturated carbocycles. The van der Waals surface area contributed by atoms with E-state index < -0.39 is 26.9 Å². The maximum atomic E-state index is 12.0. The van der Waals surface area contributed by atoms with Crippen molar-refractivity contribution >= 4 is 50.0 Å². The standard InChI is InChI=1S/C9H12N4O5S3/c1-13(2)21(16,17)9-6(14)5(4-19-9)10-7-8(18-3)12-20(15)11-7/h4,14H,1-3H3,(H,10,11). The average molecular weight is 352 g/mol. The van der Waals surface area contributed by atoms with Crippen molar-refractivity contribution < 1.29 is 22.5 Å². The van der Waals surface area contributed by atoms with Crippen molar-refractivity contribution in [1.29, 1.82) is 0 Å². The van der Waals surface area contributed by atoms with Crippen LogP contribution in [0, 0.1) is 0 Å². The van der Waals surface area contributed by atoms with Gasteiger partial charge < -0.3 is 15.2 Å². The zero-order chi connectivity index (χ0) is 15.8. The molecular formula is C9H12N4O5S3. The lowest BCUT2D eigenvalue weighted by Crippen LogP contribution is -2.22. The Labute approximate surface area is 127 Å². The first-order valence-electron chi connectivity index (χ1n) is 5.41. The van der Waals surface area contributed by atoms with Gasteiger partial charge in [-0.25, -0.2) is 16.9 Å². The lowest BCUT2D eigenvalue weighted by molar-refractivity contribution is 0.413. The summed E-state index contributed by atoms with van der Waals surface area (Å²) < 4.78 is 48.1. The molecule has 0 bridgehead atoms. The summed E-state index contributed by atoms with van der Waals surface area (Å²) in [6.07, 6.45) is 0. The van der Waals surface area contributed by atoms with E-state index in [0.29, 0.717) is 0 Å². The molecule has 0 fully saturated rings. The summed E-state index contributed by atoms with van der Waals surface area (Å²) in [5, 5.41) is 14.1. The molecule has 2 rings (SSSR count). The number of nitrogens with zero attached hydrogens (tertiary/aromatic N) is 3. The van der Waals surface area contributed by atoms with E-state index in [2.05, 4.69) is 14.1 Å². The second-order valence-electron chi connectivity index (χ2n) is 3.97. The highest BCUT2D eigenvalue weighted by Gasteiger charge is 2.28. The third kappa shape index (κ3) is 2.92. The summed E-state index contributed by atoms with van der Waals surface area (Å²) in [7, 11) is 0.303. The Balaban J connectivity index is 2.33. The minimum absolute atomic E-state index is 0.0101. The van der Waals surface area contributed by atoms with E-state index >= 15 is 0 Å². The van der Waals surface area contributed by atoms with Crippen molar-refractivity contribution in [1.82, 2.24) is 4.31 Å². The highest BCUT2D eigenvalue weighted by Crippen LogP contribution is 2.38. The fourth-order valence-electron chi connectivity index (χ4n) is 1.36. The monoisotopic (exact) mass is 352 g/mol. The summed E-state index contributed by atoms with van der Waals surface area (Å²) in [5.74, 6) is -0.377. The van der Waals surface area contributed by atoms with Crippen LogP contribution in [0.5, 0.6) is 5.75 Å². The summed E-state index contributed by atoms with van der Waals surface area (Å²) in [4.78, 5) is 0. The second kappa shape index (κ2) is 5.71. The molecule has 0 aliphatic carbocycles. The Bertz CT molecular complexity index is 749. The first kappa shape index (κ1) is 15.9. The van der Waals surface area contributed by atoms with Gasteiger partial charge in [-0.3, -0.25) is 0 Å². The van der Waals surface area contributed by atoms with Crippen molar-refractivity contribution in [2.45, 2.75) is 4.21 Å². The summed E-state index contributed by atoms with van der Waals surface area (Å²) in [5.41, 5.74) is 0.114. The molecule has 0 spiro atoms. The van der Waals surface area contributed by atoms with Crippen molar-refractivity contribution in [3.63, 3.8) is 0 Å². The molecule has 1 atom stereocenters. The van der Waals surface area contributed by atoms with Crippen molar-refractivity contribution in [2.24, 2.45) is 8.80 Å². The first-order valence-corrected chi connectivity index (χ1v) is 8.79. The molecule has 116 valence electrons. The van der Waals surface area contributed by atoms with Crippen molar-refractivity contribution in [2.75, 3.05) is 26.5 Å². The molecule has 1 unspecified atom stereocenters. The molecule has 9 nitrogen and oxygen atoms in total. The van der Waals surface area contributed by atoms with Gasteiger partial charge in [-0.05, 0) is 0 Å². The van der Waals surface area contributed by atoms with Gasteiger partial charge in [-0.2, -0.15) is 0 Å². The van der Waals surface area contributed by atoms with Crippen LogP contribution in [0.4, 0.5) is 5.69 Å². The molecule has 1 aliphatic rings. The molecule has 2 N–H and O–H groups in total. The van der Waals surface area contributed by atoms with Gasteiger partial charge in [0.05, 0.1) is 12.8 Å². The first-order chi connectivity index (χ1) is 9.77. The van der Waals surface area contributed by atoms with Crippen LogP contribution in [0.25, 0.3) is 0 Å².